The van der Waals surface area contributed by atoms with Gasteiger partial charge in [-0.2, -0.15) is 0 Å². The van der Waals surface area contributed by atoms with Gasteiger partial charge >= 0.3 is 8.60 Å². The Bertz CT molecular complexity index is 243. The van der Waals surface area contributed by atoms with Gasteiger partial charge in [-0.3, -0.25) is 9.59 Å². The van der Waals surface area contributed by atoms with Crippen LogP contribution < -0.4 is 5.73 Å². The molecule has 21 heavy (non-hydrogen) atoms. The summed E-state index contributed by atoms with van der Waals surface area (Å²) in [6.07, 6.45) is 0.250. The van der Waals surface area contributed by atoms with E-state index in [1.165, 1.54) is 11.8 Å². The highest BCUT2D eigenvalue weighted by atomic mass is 32.2. The highest BCUT2D eigenvalue weighted by Crippen LogP contribution is 2.13. The highest BCUT2D eigenvalue weighted by Gasteiger charge is 2.15. The largest absolute Gasteiger partial charge is 0.372 e. The molecule has 0 radical (unpaired) electrons. The lowest BCUT2D eigenvalue weighted by atomic mass is 10.1. The summed E-state index contributed by atoms with van der Waals surface area (Å²) < 4.78 is 0. The Balaban J connectivity index is -0.000000386. The zero-order valence-corrected chi connectivity index (χ0v) is 15.1. The smallest absolute Gasteiger partial charge is 0.324 e. The summed E-state index contributed by atoms with van der Waals surface area (Å²) in [6, 6.07) is 0. The minimum Gasteiger partial charge on any atom is -0.372 e. The SMILES string of the molecule is CCSC(=O)N(CC(C)C)CC(C)C.NC=O.OP(O)O. The van der Waals surface area contributed by atoms with Crippen molar-refractivity contribution in [2.45, 2.75) is 34.6 Å². The maximum absolute atomic E-state index is 11.7. The summed E-state index contributed by atoms with van der Waals surface area (Å²) in [5.41, 5.74) is 4.17. The van der Waals surface area contributed by atoms with Crippen LogP contribution in [0.15, 0.2) is 0 Å². The lowest BCUT2D eigenvalue weighted by Gasteiger charge is -2.25. The molecule has 0 spiro atoms. The number of carbonyl (C=O) groups excluding carboxylic acids is 2. The number of nitrogens with two attached hydrogens (primary N) is 1. The third-order valence-electron chi connectivity index (χ3n) is 1.70. The Hall–Kier alpha value is -0.400. The Morgan fingerprint density at radius 2 is 1.48 bits per heavy atom. The molecule has 0 aliphatic carbocycles. The summed E-state index contributed by atoms with van der Waals surface area (Å²) >= 11 is 1.41. The molecular weight excluding hydrogens is 315 g/mol. The first-order chi connectivity index (χ1) is 9.61. The summed E-state index contributed by atoms with van der Waals surface area (Å²) in [5.74, 6) is 1.97. The number of hydrogen-bond donors (Lipinski definition) is 4. The van der Waals surface area contributed by atoms with Gasteiger partial charge < -0.3 is 25.3 Å². The van der Waals surface area contributed by atoms with E-state index in [0.717, 1.165) is 18.8 Å². The van der Waals surface area contributed by atoms with Crippen LogP contribution in [0.2, 0.25) is 0 Å². The predicted octanol–water partition coefficient (Wildman–Crippen LogP) is 1.77. The molecule has 0 bridgehead atoms. The molecule has 0 saturated carbocycles. The quantitative estimate of drug-likeness (QED) is 0.445. The predicted molar refractivity (Wildman–Crippen MR) is 88.6 cm³/mol. The lowest BCUT2D eigenvalue weighted by Crippen LogP contribution is -2.34. The van der Waals surface area contributed by atoms with Crippen LogP contribution in [0.1, 0.15) is 34.6 Å². The molecule has 128 valence electrons. The third kappa shape index (κ3) is 28.5. The van der Waals surface area contributed by atoms with Crippen molar-refractivity contribution in [1.29, 1.82) is 0 Å². The molecule has 0 aromatic carbocycles. The average molecular weight is 344 g/mol. The van der Waals surface area contributed by atoms with Gasteiger partial charge in [0.1, 0.15) is 0 Å². The lowest BCUT2D eigenvalue weighted by molar-refractivity contribution is -0.106. The number of rotatable bonds is 5. The fourth-order valence-corrected chi connectivity index (χ4v) is 1.90. The second-order valence-corrected chi connectivity index (χ2v) is 6.55. The number of hydrogen-bond acceptors (Lipinski definition) is 6. The molecule has 0 aliphatic rings. The van der Waals surface area contributed by atoms with Crippen molar-refractivity contribution in [1.82, 2.24) is 4.90 Å². The average Bonchev–Trinajstić information content (AvgIpc) is 2.27. The Kier molecular flexibility index (Phi) is 21.5. The Labute approximate surface area is 132 Å². The first-order valence-corrected chi connectivity index (χ1v) is 8.74. The topological polar surface area (TPSA) is 124 Å². The van der Waals surface area contributed by atoms with Gasteiger partial charge in [0, 0.05) is 13.1 Å². The van der Waals surface area contributed by atoms with Crippen molar-refractivity contribution in [2.75, 3.05) is 18.8 Å². The molecule has 0 aromatic rings. The molecule has 0 aliphatic heterocycles. The Morgan fingerprint density at radius 3 is 1.67 bits per heavy atom. The molecule has 0 atom stereocenters. The molecular formula is C12H29N2O5PS. The second kappa shape index (κ2) is 17.7. The van der Waals surface area contributed by atoms with Crippen molar-refractivity contribution in [2.24, 2.45) is 17.6 Å². The van der Waals surface area contributed by atoms with Crippen LogP contribution in [0, 0.1) is 11.8 Å². The van der Waals surface area contributed by atoms with E-state index in [2.05, 4.69) is 33.4 Å². The number of amides is 2. The normalized spacial score (nSPS) is 9.67. The van der Waals surface area contributed by atoms with Gasteiger partial charge in [0.2, 0.25) is 6.41 Å². The van der Waals surface area contributed by atoms with Crippen LogP contribution in [0.3, 0.4) is 0 Å². The summed E-state index contributed by atoms with van der Waals surface area (Å²) in [4.78, 5) is 44.0. The van der Waals surface area contributed by atoms with E-state index in [1.807, 2.05) is 11.8 Å². The zero-order valence-electron chi connectivity index (χ0n) is 13.4. The van der Waals surface area contributed by atoms with Gasteiger partial charge in [0.25, 0.3) is 5.24 Å². The van der Waals surface area contributed by atoms with Gasteiger partial charge in [-0.1, -0.05) is 46.4 Å². The van der Waals surface area contributed by atoms with Gasteiger partial charge in [0.05, 0.1) is 0 Å². The van der Waals surface area contributed by atoms with Gasteiger partial charge in [-0.15, -0.1) is 0 Å². The number of nitrogens with zero attached hydrogens (tertiary/aromatic N) is 1. The zero-order chi connectivity index (χ0) is 17.4. The molecule has 7 nitrogen and oxygen atoms in total. The molecule has 0 unspecified atom stereocenters. The van der Waals surface area contributed by atoms with Crippen LogP contribution in [0.5, 0.6) is 0 Å². The molecule has 0 aromatic heterocycles. The molecule has 0 saturated heterocycles. The van der Waals surface area contributed by atoms with E-state index >= 15 is 0 Å². The van der Waals surface area contributed by atoms with Crippen molar-refractivity contribution in [3.05, 3.63) is 0 Å². The van der Waals surface area contributed by atoms with E-state index in [1.54, 1.807) is 0 Å². The van der Waals surface area contributed by atoms with Crippen molar-refractivity contribution in [3.8, 4) is 0 Å². The third-order valence-corrected chi connectivity index (χ3v) is 2.49. The van der Waals surface area contributed by atoms with E-state index in [0.29, 0.717) is 11.8 Å². The standard InChI is InChI=1S/C11H23NOS.CH3NO.H3O3P/c1-6-14-11(13)12(7-9(2)3)8-10(4)5;2-1-3;1-4(2)3/h9-10H,6-8H2,1-5H3;1H,(H2,2,3);1-3H. The Morgan fingerprint density at radius 1 is 1.19 bits per heavy atom. The van der Waals surface area contributed by atoms with Crippen LogP contribution in [-0.2, 0) is 4.79 Å². The van der Waals surface area contributed by atoms with Gasteiger partial charge in [-0.25, -0.2) is 0 Å². The first-order valence-electron chi connectivity index (χ1n) is 6.56. The van der Waals surface area contributed by atoms with Crippen LogP contribution in [-0.4, -0.2) is 50.1 Å². The van der Waals surface area contributed by atoms with Crippen molar-refractivity contribution < 1.29 is 24.3 Å². The summed E-state index contributed by atoms with van der Waals surface area (Å²) in [6.45, 7) is 12.4. The van der Waals surface area contributed by atoms with E-state index in [4.69, 9.17) is 19.5 Å². The minimum absolute atomic E-state index is 0.231. The molecule has 9 heteroatoms. The highest BCUT2D eigenvalue weighted by molar-refractivity contribution is 8.13. The molecule has 2 amide bonds. The summed E-state index contributed by atoms with van der Waals surface area (Å²) in [5, 5.41) is 0.231. The molecule has 0 rings (SSSR count). The number of carbonyl (C=O) groups is 2. The first kappa shape index (κ1) is 25.5. The monoisotopic (exact) mass is 344 g/mol. The minimum atomic E-state index is -2.62. The van der Waals surface area contributed by atoms with E-state index < -0.39 is 8.60 Å². The number of thioether (sulfide) groups is 1. The molecule has 0 fully saturated rings. The van der Waals surface area contributed by atoms with E-state index in [9.17, 15) is 4.79 Å². The summed E-state index contributed by atoms with van der Waals surface area (Å²) in [7, 11) is -2.62. The van der Waals surface area contributed by atoms with Crippen LogP contribution in [0.4, 0.5) is 4.79 Å². The van der Waals surface area contributed by atoms with Gasteiger partial charge in [0.15, 0.2) is 0 Å². The second-order valence-electron chi connectivity index (χ2n) is 4.80. The molecule has 5 N–H and O–H groups in total. The van der Waals surface area contributed by atoms with Crippen LogP contribution in [0.25, 0.3) is 0 Å². The number of primary amides is 1. The fourth-order valence-electron chi connectivity index (χ4n) is 1.32. The maximum Gasteiger partial charge on any atom is 0.324 e. The van der Waals surface area contributed by atoms with Crippen molar-refractivity contribution in [3.63, 3.8) is 0 Å². The van der Waals surface area contributed by atoms with Crippen molar-refractivity contribution >= 4 is 32.0 Å². The van der Waals surface area contributed by atoms with Gasteiger partial charge in [-0.05, 0) is 17.6 Å². The maximum atomic E-state index is 11.7. The molecule has 0 heterocycles. The van der Waals surface area contributed by atoms with Crippen LogP contribution >= 0.6 is 20.4 Å². The fraction of sp³-hybridized carbons (Fsp3) is 0.833. The van der Waals surface area contributed by atoms with E-state index in [-0.39, 0.29) is 11.6 Å².